The van der Waals surface area contributed by atoms with Crippen molar-refractivity contribution < 1.29 is 0 Å². The average molecular weight is 175 g/mol. The van der Waals surface area contributed by atoms with E-state index in [-0.39, 0.29) is 0 Å². The number of hydrogen-bond acceptors (Lipinski definition) is 1. The van der Waals surface area contributed by atoms with Gasteiger partial charge in [0.25, 0.3) is 0 Å². The predicted molar refractivity (Wildman–Crippen MR) is 55.8 cm³/mol. The first-order chi connectivity index (χ1) is 6.33. The van der Waals surface area contributed by atoms with Crippen LogP contribution in [0.3, 0.4) is 0 Å². The van der Waals surface area contributed by atoms with Gasteiger partial charge in [0.15, 0.2) is 0 Å². The van der Waals surface area contributed by atoms with Gasteiger partial charge in [-0.15, -0.1) is 0 Å². The Morgan fingerprint density at radius 2 is 2.00 bits per heavy atom. The molecule has 1 N–H and O–H groups in total. The molecule has 1 aromatic rings. The van der Waals surface area contributed by atoms with Gasteiger partial charge < -0.3 is 5.32 Å². The molecule has 0 radical (unpaired) electrons. The Labute approximate surface area is 80.2 Å². The zero-order valence-electron chi connectivity index (χ0n) is 8.33. The summed E-state index contributed by atoms with van der Waals surface area (Å²) >= 11 is 0. The maximum atomic E-state index is 3.33. The molecular formula is C12H17N. The van der Waals surface area contributed by atoms with Crippen molar-refractivity contribution in [2.24, 2.45) is 5.92 Å². The molecule has 3 unspecified atom stereocenters. The Kier molecular flexibility index (Phi) is 2.36. The lowest BCUT2D eigenvalue weighted by Crippen LogP contribution is -2.23. The van der Waals surface area contributed by atoms with Gasteiger partial charge in [0.05, 0.1) is 0 Å². The van der Waals surface area contributed by atoms with Crippen LogP contribution >= 0.6 is 0 Å². The highest BCUT2D eigenvalue weighted by Gasteiger charge is 2.41. The van der Waals surface area contributed by atoms with Gasteiger partial charge in [-0.25, -0.2) is 0 Å². The molecule has 0 bridgehead atoms. The van der Waals surface area contributed by atoms with E-state index < -0.39 is 0 Å². The third-order valence-corrected chi connectivity index (χ3v) is 3.17. The van der Waals surface area contributed by atoms with Crippen LogP contribution in [0.1, 0.15) is 24.8 Å². The Morgan fingerprint density at radius 3 is 2.62 bits per heavy atom. The summed E-state index contributed by atoms with van der Waals surface area (Å²) in [6.07, 6.45) is 1.35. The van der Waals surface area contributed by atoms with Crippen molar-refractivity contribution in [3.63, 3.8) is 0 Å². The van der Waals surface area contributed by atoms with Crippen LogP contribution in [0, 0.1) is 5.92 Å². The Balaban J connectivity index is 2.00. The lowest BCUT2D eigenvalue weighted by Gasteiger charge is -2.08. The largest absolute Gasteiger partial charge is 0.317 e. The van der Waals surface area contributed by atoms with E-state index in [1.807, 2.05) is 7.05 Å². The van der Waals surface area contributed by atoms with Crippen LogP contribution in [-0.2, 0) is 0 Å². The maximum Gasteiger partial charge on any atom is 0.00700 e. The molecule has 2 rings (SSSR count). The van der Waals surface area contributed by atoms with E-state index in [9.17, 15) is 0 Å². The van der Waals surface area contributed by atoms with Crippen molar-refractivity contribution in [3.8, 4) is 0 Å². The van der Waals surface area contributed by atoms with Crippen molar-refractivity contribution in [2.45, 2.75) is 25.3 Å². The summed E-state index contributed by atoms with van der Waals surface area (Å²) in [7, 11) is 2.05. The maximum absolute atomic E-state index is 3.33. The number of hydrogen-bond donors (Lipinski definition) is 1. The first-order valence-electron chi connectivity index (χ1n) is 5.05. The molecule has 1 heteroatoms. The molecule has 1 aromatic carbocycles. The van der Waals surface area contributed by atoms with Gasteiger partial charge in [0.2, 0.25) is 0 Å². The van der Waals surface area contributed by atoms with E-state index in [2.05, 4.69) is 42.6 Å². The molecule has 1 fully saturated rings. The summed E-state index contributed by atoms with van der Waals surface area (Å²) in [4.78, 5) is 0. The van der Waals surface area contributed by atoms with Crippen molar-refractivity contribution >= 4 is 0 Å². The molecule has 3 atom stereocenters. The molecule has 0 spiro atoms. The fraction of sp³-hybridized carbons (Fsp3) is 0.500. The van der Waals surface area contributed by atoms with Crippen LogP contribution in [0.4, 0.5) is 0 Å². The van der Waals surface area contributed by atoms with Gasteiger partial charge in [0.1, 0.15) is 0 Å². The second kappa shape index (κ2) is 3.51. The minimum Gasteiger partial charge on any atom is -0.317 e. The van der Waals surface area contributed by atoms with Crippen LogP contribution < -0.4 is 5.32 Å². The SMILES string of the molecule is CNC(C)C1CC1c1ccccc1. The second-order valence-electron chi connectivity index (χ2n) is 3.99. The van der Waals surface area contributed by atoms with Crippen LogP contribution in [-0.4, -0.2) is 13.1 Å². The van der Waals surface area contributed by atoms with Gasteiger partial charge in [-0.05, 0) is 37.8 Å². The lowest BCUT2D eigenvalue weighted by molar-refractivity contribution is 0.534. The summed E-state index contributed by atoms with van der Waals surface area (Å²) < 4.78 is 0. The molecule has 0 amide bonds. The molecule has 13 heavy (non-hydrogen) atoms. The van der Waals surface area contributed by atoms with Gasteiger partial charge in [-0.3, -0.25) is 0 Å². The van der Waals surface area contributed by atoms with Crippen molar-refractivity contribution in [2.75, 3.05) is 7.05 Å². The van der Waals surface area contributed by atoms with Gasteiger partial charge in [0, 0.05) is 6.04 Å². The van der Waals surface area contributed by atoms with E-state index >= 15 is 0 Å². The Bertz CT molecular complexity index is 268. The third kappa shape index (κ3) is 1.75. The van der Waals surface area contributed by atoms with E-state index in [0.29, 0.717) is 6.04 Å². The molecule has 0 aromatic heterocycles. The van der Waals surface area contributed by atoms with Gasteiger partial charge >= 0.3 is 0 Å². The summed E-state index contributed by atoms with van der Waals surface area (Å²) in [6.45, 7) is 2.27. The number of benzene rings is 1. The highest BCUT2D eigenvalue weighted by molar-refractivity contribution is 5.26. The molecule has 1 saturated carbocycles. The third-order valence-electron chi connectivity index (χ3n) is 3.17. The lowest BCUT2D eigenvalue weighted by atomic mass is 10.1. The minimum atomic E-state index is 0.658. The average Bonchev–Trinajstić information content (AvgIpc) is 2.98. The molecule has 1 aliphatic rings. The minimum absolute atomic E-state index is 0.658. The Hall–Kier alpha value is -0.820. The predicted octanol–water partition coefficient (Wildman–Crippen LogP) is 2.40. The number of nitrogens with one attached hydrogen (secondary N) is 1. The zero-order chi connectivity index (χ0) is 9.26. The quantitative estimate of drug-likeness (QED) is 0.744. The van der Waals surface area contributed by atoms with E-state index in [0.717, 1.165) is 11.8 Å². The molecule has 0 saturated heterocycles. The molecule has 70 valence electrons. The summed E-state index contributed by atoms with van der Waals surface area (Å²) in [6, 6.07) is 11.5. The van der Waals surface area contributed by atoms with Crippen LogP contribution in [0.5, 0.6) is 0 Å². The summed E-state index contributed by atoms with van der Waals surface area (Å²) in [5.74, 6) is 1.66. The highest BCUT2D eigenvalue weighted by atomic mass is 14.9. The highest BCUT2D eigenvalue weighted by Crippen LogP contribution is 2.49. The monoisotopic (exact) mass is 175 g/mol. The van der Waals surface area contributed by atoms with Crippen molar-refractivity contribution in [1.29, 1.82) is 0 Å². The first-order valence-corrected chi connectivity index (χ1v) is 5.05. The topological polar surface area (TPSA) is 12.0 Å². The molecule has 0 aliphatic heterocycles. The number of rotatable bonds is 3. The standard InChI is InChI=1S/C12H17N/c1-9(13-2)11-8-12(11)10-6-4-3-5-7-10/h3-7,9,11-13H,8H2,1-2H3. The van der Waals surface area contributed by atoms with E-state index in [4.69, 9.17) is 0 Å². The summed E-state index contributed by atoms with van der Waals surface area (Å²) in [5, 5.41) is 3.33. The van der Waals surface area contributed by atoms with Crippen molar-refractivity contribution in [1.82, 2.24) is 5.32 Å². The van der Waals surface area contributed by atoms with E-state index in [1.165, 1.54) is 12.0 Å². The molecule has 1 nitrogen and oxygen atoms in total. The molecule has 1 aliphatic carbocycles. The second-order valence-corrected chi connectivity index (χ2v) is 3.99. The Morgan fingerprint density at radius 1 is 1.31 bits per heavy atom. The van der Waals surface area contributed by atoms with Crippen LogP contribution in [0.25, 0.3) is 0 Å². The van der Waals surface area contributed by atoms with Crippen LogP contribution in [0.15, 0.2) is 30.3 Å². The van der Waals surface area contributed by atoms with Crippen LogP contribution in [0.2, 0.25) is 0 Å². The molecular weight excluding hydrogens is 158 g/mol. The fourth-order valence-corrected chi connectivity index (χ4v) is 2.06. The first kappa shape index (κ1) is 8.76. The zero-order valence-corrected chi connectivity index (χ0v) is 8.33. The normalized spacial score (nSPS) is 28.5. The van der Waals surface area contributed by atoms with E-state index in [1.54, 1.807) is 0 Å². The van der Waals surface area contributed by atoms with Gasteiger partial charge in [-0.2, -0.15) is 0 Å². The fourth-order valence-electron chi connectivity index (χ4n) is 2.06. The summed E-state index contributed by atoms with van der Waals surface area (Å²) in [5.41, 5.74) is 1.51. The van der Waals surface area contributed by atoms with Crippen molar-refractivity contribution in [3.05, 3.63) is 35.9 Å². The van der Waals surface area contributed by atoms with Gasteiger partial charge in [-0.1, -0.05) is 30.3 Å². The molecule has 0 heterocycles. The smallest absolute Gasteiger partial charge is 0.00700 e.